The minimum Gasteiger partial charge on any atom is -0.0999 e. The molecule has 0 heterocycles. The number of aryl methyl sites for hydroxylation is 1. The van der Waals surface area contributed by atoms with E-state index in [1.165, 1.54) is 93.7 Å². The van der Waals surface area contributed by atoms with Gasteiger partial charge in [0.25, 0.3) is 0 Å². The van der Waals surface area contributed by atoms with Crippen molar-refractivity contribution in [3.63, 3.8) is 0 Å². The Morgan fingerprint density at radius 3 is 1.98 bits per heavy atom. The molecule has 6 rings (SSSR count). The molecule has 0 nitrogen and oxygen atoms in total. The van der Waals surface area contributed by atoms with Gasteiger partial charge in [0.1, 0.15) is 0 Å². The Morgan fingerprint density at radius 2 is 1.41 bits per heavy atom. The molecule has 1 aromatic carbocycles. The average Bonchev–Trinajstić information content (AvgIpc) is 3.70. The second-order valence-electron chi connectivity index (χ2n) is 16.5. The average molecular weight is 635 g/mol. The van der Waals surface area contributed by atoms with Gasteiger partial charge in [-0.05, 0) is 166 Å². The van der Waals surface area contributed by atoms with Crippen molar-refractivity contribution in [3.05, 3.63) is 47.0 Å². The molecule has 5 aliphatic rings. The lowest BCUT2D eigenvalue weighted by atomic mass is 9.42. The molecule has 0 saturated heterocycles. The summed E-state index contributed by atoms with van der Waals surface area (Å²) in [6, 6.07) is 7.00. The molecular formula is C46H82. The van der Waals surface area contributed by atoms with E-state index in [0.29, 0.717) is 16.7 Å². The minimum atomic E-state index is 0.560. The molecule has 266 valence electrons. The van der Waals surface area contributed by atoms with E-state index in [1.807, 2.05) is 27.7 Å². The van der Waals surface area contributed by atoms with E-state index < -0.39 is 0 Å². The molecule has 46 heavy (non-hydrogen) atoms. The summed E-state index contributed by atoms with van der Waals surface area (Å²) in [5.41, 5.74) is 7.24. The number of allylic oxidation sites excluding steroid dienone is 1. The monoisotopic (exact) mass is 635 g/mol. The molecule has 0 N–H and O–H groups in total. The van der Waals surface area contributed by atoms with Crippen LogP contribution >= 0.6 is 0 Å². The molecule has 0 aromatic heterocycles. The maximum atomic E-state index is 3.85. The maximum absolute atomic E-state index is 3.85. The highest BCUT2D eigenvalue weighted by molar-refractivity contribution is 5.36. The molecule has 0 bridgehead atoms. The Bertz CT molecular complexity index is 1010. The summed E-state index contributed by atoms with van der Waals surface area (Å²) in [5.74, 6) is 7.47. The van der Waals surface area contributed by atoms with Crippen LogP contribution in [0.2, 0.25) is 0 Å². The van der Waals surface area contributed by atoms with Gasteiger partial charge < -0.3 is 0 Å². The molecule has 5 aliphatic carbocycles. The summed E-state index contributed by atoms with van der Waals surface area (Å²) >= 11 is 0. The molecule has 0 amide bonds. The highest BCUT2D eigenvalue weighted by Crippen LogP contribution is 2.71. The van der Waals surface area contributed by atoms with Crippen LogP contribution in [0.1, 0.15) is 195 Å². The SMILES string of the molecule is C=C1CCCC1.CC.CC.CCC.CCC1CCC2C(CCC3(C)C2CCC2(C)C(C(C)C(C)c4cccc(C)c4C)CCC23)C1. The lowest BCUT2D eigenvalue weighted by molar-refractivity contribution is -0.133. The van der Waals surface area contributed by atoms with Crippen molar-refractivity contribution in [1.29, 1.82) is 0 Å². The Kier molecular flexibility index (Phi) is 17.2. The first-order valence-electron chi connectivity index (χ1n) is 20.7. The second kappa shape index (κ2) is 19.2. The van der Waals surface area contributed by atoms with Crippen LogP contribution in [0, 0.1) is 66.1 Å². The van der Waals surface area contributed by atoms with Crippen molar-refractivity contribution < 1.29 is 0 Å². The smallest absolute Gasteiger partial charge is 0.0159 e. The Hall–Kier alpha value is -1.04. The number of hydrogen-bond acceptors (Lipinski definition) is 0. The lowest BCUT2D eigenvalue weighted by Gasteiger charge is -2.62. The normalized spacial score (nSPS) is 35.5. The Morgan fingerprint density at radius 1 is 0.804 bits per heavy atom. The van der Waals surface area contributed by atoms with E-state index in [0.717, 1.165) is 41.4 Å². The molecule has 10 unspecified atom stereocenters. The van der Waals surface area contributed by atoms with E-state index in [2.05, 4.69) is 87.1 Å². The maximum Gasteiger partial charge on any atom is -0.0159 e. The summed E-state index contributed by atoms with van der Waals surface area (Å²) in [6.07, 6.45) is 21.8. The molecule has 0 aliphatic heterocycles. The van der Waals surface area contributed by atoms with Gasteiger partial charge in [-0.25, -0.2) is 0 Å². The van der Waals surface area contributed by atoms with Crippen molar-refractivity contribution in [2.75, 3.05) is 0 Å². The van der Waals surface area contributed by atoms with Gasteiger partial charge in [-0.15, -0.1) is 0 Å². The number of hydrogen-bond donors (Lipinski definition) is 0. The van der Waals surface area contributed by atoms with Gasteiger partial charge in [0.15, 0.2) is 0 Å². The van der Waals surface area contributed by atoms with Crippen LogP contribution < -0.4 is 0 Å². The van der Waals surface area contributed by atoms with Gasteiger partial charge in [-0.2, -0.15) is 0 Å². The van der Waals surface area contributed by atoms with Crippen molar-refractivity contribution in [2.24, 2.45) is 52.3 Å². The van der Waals surface area contributed by atoms with Crippen LogP contribution in [-0.2, 0) is 0 Å². The van der Waals surface area contributed by atoms with Crippen LogP contribution in [0.3, 0.4) is 0 Å². The van der Waals surface area contributed by atoms with E-state index in [-0.39, 0.29) is 0 Å². The van der Waals surface area contributed by atoms with Crippen LogP contribution in [0.25, 0.3) is 0 Å². The topological polar surface area (TPSA) is 0 Å². The summed E-state index contributed by atoms with van der Waals surface area (Å²) in [5, 5.41) is 0. The molecule has 0 radical (unpaired) electrons. The van der Waals surface area contributed by atoms with E-state index in [4.69, 9.17) is 0 Å². The third-order valence-electron chi connectivity index (χ3n) is 14.2. The van der Waals surface area contributed by atoms with E-state index in [1.54, 1.807) is 24.8 Å². The van der Waals surface area contributed by atoms with Crippen LogP contribution in [0.15, 0.2) is 30.4 Å². The van der Waals surface area contributed by atoms with Gasteiger partial charge in [0, 0.05) is 0 Å². The first kappa shape index (κ1) is 41.1. The summed E-state index contributed by atoms with van der Waals surface area (Å²) in [6.45, 7) is 33.9. The van der Waals surface area contributed by atoms with Gasteiger partial charge in [-0.3, -0.25) is 0 Å². The van der Waals surface area contributed by atoms with Gasteiger partial charge >= 0.3 is 0 Å². The minimum absolute atomic E-state index is 0.560. The zero-order chi connectivity index (χ0) is 34.7. The molecule has 5 fully saturated rings. The van der Waals surface area contributed by atoms with Crippen molar-refractivity contribution in [1.82, 2.24) is 0 Å². The van der Waals surface area contributed by atoms with Crippen LogP contribution in [0.5, 0.6) is 0 Å². The first-order chi connectivity index (χ1) is 22.0. The van der Waals surface area contributed by atoms with E-state index in [9.17, 15) is 0 Å². The molecule has 5 saturated carbocycles. The van der Waals surface area contributed by atoms with Gasteiger partial charge in [-0.1, -0.05) is 126 Å². The quantitative estimate of drug-likeness (QED) is 0.289. The fourth-order valence-corrected chi connectivity index (χ4v) is 11.6. The predicted molar refractivity (Wildman–Crippen MR) is 209 cm³/mol. The van der Waals surface area contributed by atoms with Crippen molar-refractivity contribution >= 4 is 0 Å². The van der Waals surface area contributed by atoms with E-state index >= 15 is 0 Å². The molecule has 0 spiro atoms. The van der Waals surface area contributed by atoms with Crippen molar-refractivity contribution in [2.45, 2.75) is 192 Å². The fourth-order valence-electron chi connectivity index (χ4n) is 11.6. The second-order valence-corrected chi connectivity index (χ2v) is 16.5. The standard InChI is InChI=1S/C33H52.C6H10.C3H8.2C2H6/c1-8-25-12-13-28-26(20-25)16-18-33(7)30(28)17-19-32(6)29(14-15-31(32)33)24(5)23(4)27-11-9-10-21(2)22(27)3;1-6-4-2-3-5-6;1-3-2;2*1-2/h9-11,23-26,28-31H,8,12-20H2,1-7H3;1-5H2;3H2,1-2H3;2*1-2H3. The predicted octanol–water partition coefficient (Wildman–Crippen LogP) is 15.3. The zero-order valence-electron chi connectivity index (χ0n) is 33.7. The molecular weight excluding hydrogens is 553 g/mol. The first-order valence-corrected chi connectivity index (χ1v) is 20.7. The molecule has 0 heteroatoms. The van der Waals surface area contributed by atoms with Gasteiger partial charge in [0.05, 0.1) is 0 Å². The molecule has 10 atom stereocenters. The van der Waals surface area contributed by atoms with Crippen LogP contribution in [-0.4, -0.2) is 0 Å². The fraction of sp³-hybridized carbons (Fsp3) is 0.826. The highest BCUT2D eigenvalue weighted by Gasteiger charge is 2.62. The van der Waals surface area contributed by atoms with Crippen molar-refractivity contribution in [3.8, 4) is 0 Å². The van der Waals surface area contributed by atoms with Gasteiger partial charge in [0.2, 0.25) is 0 Å². The largest absolute Gasteiger partial charge is 0.0999 e. The summed E-state index contributed by atoms with van der Waals surface area (Å²) < 4.78 is 0. The Balaban J connectivity index is 0.000000484. The van der Waals surface area contributed by atoms with Crippen LogP contribution in [0.4, 0.5) is 0 Å². The lowest BCUT2D eigenvalue weighted by Crippen LogP contribution is -2.55. The highest BCUT2D eigenvalue weighted by atomic mass is 14.7. The zero-order valence-corrected chi connectivity index (χ0v) is 33.7. The number of fused-ring (bicyclic) bond motifs is 5. The summed E-state index contributed by atoms with van der Waals surface area (Å²) in [7, 11) is 0. The molecule has 1 aromatic rings. The Labute approximate surface area is 290 Å². The number of rotatable bonds is 4. The summed E-state index contributed by atoms with van der Waals surface area (Å²) in [4.78, 5) is 0. The third-order valence-corrected chi connectivity index (χ3v) is 14.2. The third kappa shape index (κ3) is 8.94. The number of benzene rings is 1.